The maximum atomic E-state index is 12.9. The zero-order valence-corrected chi connectivity index (χ0v) is 26.2. The number of halogens is 4. The summed E-state index contributed by atoms with van der Waals surface area (Å²) in [5.74, 6) is -1.16. The van der Waals surface area contributed by atoms with Crippen LogP contribution in [0.25, 0.3) is 33.3 Å². The van der Waals surface area contributed by atoms with Crippen LogP contribution in [0.15, 0.2) is 84.9 Å². The fraction of sp³-hybridized carbons (Fsp3) is 0.229. The lowest BCUT2D eigenvalue weighted by Crippen LogP contribution is -2.26. The zero-order chi connectivity index (χ0) is 33.7. The van der Waals surface area contributed by atoms with Gasteiger partial charge in [-0.1, -0.05) is 48.9 Å². The first-order chi connectivity index (χ1) is 22.4. The molecule has 0 fully saturated rings. The molecule has 0 aliphatic heterocycles. The SMILES string of the molecule is CCCOc1cc(Cl)ccc1-c1cc(-c2ccc3ccc(OC(F)(F)F)cc3c2)n([C@H](C)c2ccc(C(=O)NCCC(=O)O)cc2)n1. The molecule has 1 atom stereocenters. The topological polar surface area (TPSA) is 103 Å². The third kappa shape index (κ3) is 8.23. The zero-order valence-electron chi connectivity index (χ0n) is 25.5. The summed E-state index contributed by atoms with van der Waals surface area (Å²) in [6.45, 7) is 4.42. The summed E-state index contributed by atoms with van der Waals surface area (Å²) in [7, 11) is 0. The first-order valence-electron chi connectivity index (χ1n) is 14.8. The van der Waals surface area contributed by atoms with Crippen LogP contribution < -0.4 is 14.8 Å². The summed E-state index contributed by atoms with van der Waals surface area (Å²) < 4.78 is 50.8. The second kappa shape index (κ2) is 14.2. The Balaban J connectivity index is 1.56. The van der Waals surface area contributed by atoms with Gasteiger partial charge in [-0.15, -0.1) is 13.2 Å². The Bertz CT molecular complexity index is 1910. The van der Waals surface area contributed by atoms with Crippen LogP contribution in [0, 0.1) is 0 Å². The van der Waals surface area contributed by atoms with Gasteiger partial charge in [0, 0.05) is 28.3 Å². The van der Waals surface area contributed by atoms with Crippen LogP contribution in [0.1, 0.15) is 48.7 Å². The maximum Gasteiger partial charge on any atom is 0.573 e. The molecule has 0 saturated carbocycles. The average molecular weight is 666 g/mol. The first kappa shape index (κ1) is 33.3. The van der Waals surface area contributed by atoms with Gasteiger partial charge in [0.2, 0.25) is 0 Å². The van der Waals surface area contributed by atoms with Crippen molar-refractivity contribution in [3.05, 3.63) is 101 Å². The molecule has 47 heavy (non-hydrogen) atoms. The molecule has 2 N–H and O–H groups in total. The van der Waals surface area contributed by atoms with Gasteiger partial charge in [-0.2, -0.15) is 5.10 Å². The van der Waals surface area contributed by atoms with Crippen LogP contribution in [-0.4, -0.2) is 46.3 Å². The largest absolute Gasteiger partial charge is 0.573 e. The summed E-state index contributed by atoms with van der Waals surface area (Å²) >= 11 is 6.29. The number of aliphatic carboxylic acids is 1. The molecule has 8 nitrogen and oxygen atoms in total. The molecule has 1 heterocycles. The molecule has 244 valence electrons. The standard InChI is InChI=1S/C35H31ClF3N3O5/c1-3-16-46-32-19-27(36)11-13-29(32)30-20-31(25-9-6-23-10-12-28(18-26(23)17-25)47-35(37,38)39)42(41-30)21(2)22-4-7-24(8-5-22)34(45)40-15-14-33(43)44/h4-13,17-21H,3,14-16H2,1-2H3,(H,40,45)(H,43,44)/t21-/m1/s1. The minimum atomic E-state index is -4.82. The number of amides is 1. The Morgan fingerprint density at radius 2 is 1.72 bits per heavy atom. The molecule has 0 aliphatic carbocycles. The van der Waals surface area contributed by atoms with E-state index in [1.807, 2.05) is 42.8 Å². The van der Waals surface area contributed by atoms with Crippen molar-refractivity contribution < 1.29 is 37.3 Å². The van der Waals surface area contributed by atoms with Crippen molar-refractivity contribution in [2.24, 2.45) is 0 Å². The summed E-state index contributed by atoms with van der Waals surface area (Å²) in [5.41, 5.74) is 3.89. The first-order valence-corrected chi connectivity index (χ1v) is 15.2. The maximum absolute atomic E-state index is 12.9. The molecule has 0 aliphatic rings. The molecular weight excluding hydrogens is 635 g/mol. The van der Waals surface area contributed by atoms with Gasteiger partial charge in [0.25, 0.3) is 5.91 Å². The third-order valence-corrected chi connectivity index (χ3v) is 7.64. The number of alkyl halides is 3. The van der Waals surface area contributed by atoms with E-state index in [2.05, 4.69) is 10.1 Å². The molecule has 0 spiro atoms. The fourth-order valence-corrected chi connectivity index (χ4v) is 5.26. The lowest BCUT2D eigenvalue weighted by molar-refractivity contribution is -0.274. The second-order valence-corrected chi connectivity index (χ2v) is 11.3. The van der Waals surface area contributed by atoms with Crippen LogP contribution >= 0.6 is 11.6 Å². The third-order valence-electron chi connectivity index (χ3n) is 7.40. The highest BCUT2D eigenvalue weighted by Gasteiger charge is 2.31. The Morgan fingerprint density at radius 1 is 0.979 bits per heavy atom. The number of fused-ring (bicyclic) bond motifs is 1. The smallest absolute Gasteiger partial charge is 0.493 e. The van der Waals surface area contributed by atoms with Gasteiger partial charge in [0.1, 0.15) is 11.5 Å². The van der Waals surface area contributed by atoms with E-state index >= 15 is 0 Å². The van der Waals surface area contributed by atoms with E-state index in [4.69, 9.17) is 26.5 Å². The van der Waals surface area contributed by atoms with E-state index in [1.54, 1.807) is 48.5 Å². The van der Waals surface area contributed by atoms with E-state index < -0.39 is 12.3 Å². The minimum absolute atomic E-state index is 0.00990. The van der Waals surface area contributed by atoms with E-state index in [9.17, 15) is 22.8 Å². The number of nitrogens with zero attached hydrogens (tertiary/aromatic N) is 2. The summed E-state index contributed by atoms with van der Waals surface area (Å²) in [6.07, 6.45) is -4.22. The number of benzene rings is 4. The monoisotopic (exact) mass is 665 g/mol. The van der Waals surface area contributed by atoms with Crippen molar-refractivity contribution in [3.8, 4) is 34.0 Å². The molecule has 1 amide bonds. The number of carbonyl (C=O) groups is 2. The van der Waals surface area contributed by atoms with Crippen molar-refractivity contribution in [2.45, 2.75) is 39.1 Å². The van der Waals surface area contributed by atoms with E-state index in [0.29, 0.717) is 50.8 Å². The average Bonchev–Trinajstić information content (AvgIpc) is 3.47. The molecule has 4 aromatic carbocycles. The number of carbonyl (C=O) groups excluding carboxylic acids is 1. The quantitative estimate of drug-likeness (QED) is 0.139. The van der Waals surface area contributed by atoms with Crippen molar-refractivity contribution in [3.63, 3.8) is 0 Å². The Kier molecular flexibility index (Phi) is 10.0. The number of nitrogens with one attached hydrogen (secondary N) is 1. The second-order valence-electron chi connectivity index (χ2n) is 10.8. The normalized spacial score (nSPS) is 12.1. The minimum Gasteiger partial charge on any atom is -0.493 e. The van der Waals surface area contributed by atoms with Crippen LogP contribution in [0.2, 0.25) is 5.02 Å². The van der Waals surface area contributed by atoms with Gasteiger partial charge in [0.15, 0.2) is 0 Å². The number of hydrogen-bond acceptors (Lipinski definition) is 5. The predicted octanol–water partition coefficient (Wildman–Crippen LogP) is 8.52. The highest BCUT2D eigenvalue weighted by molar-refractivity contribution is 6.30. The van der Waals surface area contributed by atoms with Gasteiger partial charge in [-0.05, 0) is 84.3 Å². The van der Waals surface area contributed by atoms with Crippen LogP contribution in [0.4, 0.5) is 13.2 Å². The number of rotatable bonds is 12. The van der Waals surface area contributed by atoms with Gasteiger partial charge >= 0.3 is 12.3 Å². The molecule has 5 aromatic rings. The Hall–Kier alpha value is -5.03. The summed E-state index contributed by atoms with van der Waals surface area (Å²) in [4.78, 5) is 23.3. The summed E-state index contributed by atoms with van der Waals surface area (Å²) in [6, 6.07) is 23.4. The molecule has 0 radical (unpaired) electrons. The molecule has 5 rings (SSSR count). The van der Waals surface area contributed by atoms with Gasteiger partial charge in [-0.25, -0.2) is 0 Å². The Labute approximate surface area is 273 Å². The van der Waals surface area contributed by atoms with Crippen LogP contribution in [-0.2, 0) is 4.79 Å². The Morgan fingerprint density at radius 3 is 2.43 bits per heavy atom. The van der Waals surface area contributed by atoms with Crippen molar-refractivity contribution >= 4 is 34.2 Å². The van der Waals surface area contributed by atoms with Crippen molar-refractivity contribution in [2.75, 3.05) is 13.2 Å². The molecule has 12 heteroatoms. The van der Waals surface area contributed by atoms with E-state index in [0.717, 1.165) is 17.4 Å². The molecule has 0 unspecified atom stereocenters. The molecule has 0 saturated heterocycles. The number of carboxylic acids is 1. The van der Waals surface area contributed by atoms with Crippen molar-refractivity contribution in [1.29, 1.82) is 0 Å². The van der Waals surface area contributed by atoms with Crippen LogP contribution in [0.3, 0.4) is 0 Å². The van der Waals surface area contributed by atoms with Crippen molar-refractivity contribution in [1.82, 2.24) is 15.1 Å². The van der Waals surface area contributed by atoms with Gasteiger partial charge < -0.3 is 19.9 Å². The highest BCUT2D eigenvalue weighted by atomic mass is 35.5. The van der Waals surface area contributed by atoms with Gasteiger partial charge in [-0.3, -0.25) is 14.3 Å². The van der Waals surface area contributed by atoms with E-state index in [-0.39, 0.29) is 30.7 Å². The van der Waals surface area contributed by atoms with Crippen LogP contribution in [0.5, 0.6) is 11.5 Å². The van der Waals surface area contributed by atoms with Gasteiger partial charge in [0.05, 0.1) is 30.5 Å². The molecule has 0 bridgehead atoms. The summed E-state index contributed by atoms with van der Waals surface area (Å²) in [5, 5.41) is 18.2. The number of ether oxygens (including phenoxy) is 2. The predicted molar refractivity (Wildman–Crippen MR) is 173 cm³/mol. The van der Waals surface area contributed by atoms with E-state index in [1.165, 1.54) is 12.1 Å². The number of aromatic nitrogens is 2. The lowest BCUT2D eigenvalue weighted by Gasteiger charge is -2.17. The molecule has 1 aromatic heterocycles. The molecular formula is C35H31ClF3N3O5. The highest BCUT2D eigenvalue weighted by Crippen LogP contribution is 2.37. The fourth-order valence-electron chi connectivity index (χ4n) is 5.10. The lowest BCUT2D eigenvalue weighted by atomic mass is 10.0. The number of carboxylic acid groups (broad SMARTS) is 1. The number of hydrogen-bond donors (Lipinski definition) is 2.